The highest BCUT2D eigenvalue weighted by atomic mass is 19.4. The Morgan fingerprint density at radius 1 is 1.64 bits per heavy atom. The number of rotatable bonds is 3. The van der Waals surface area contributed by atoms with Crippen LogP contribution >= 0.6 is 0 Å². The highest BCUT2D eigenvalue weighted by molar-refractivity contribution is 5.82. The van der Waals surface area contributed by atoms with Gasteiger partial charge in [-0.3, -0.25) is 0 Å². The Labute approximate surface area is 77.9 Å². The number of halogens is 3. The molecule has 0 rings (SSSR count). The number of ether oxygens (including phenoxy) is 1. The van der Waals surface area contributed by atoms with Crippen LogP contribution in [-0.2, 0) is 9.53 Å². The average molecular weight is 211 g/mol. The molecule has 0 saturated carbocycles. The molecule has 0 heterocycles. The molecule has 80 valence electrons. The lowest BCUT2D eigenvalue weighted by molar-refractivity contribution is -0.430. The van der Waals surface area contributed by atoms with Crippen LogP contribution in [0.15, 0.2) is 11.8 Å². The van der Waals surface area contributed by atoms with Crippen molar-refractivity contribution >= 4 is 12.7 Å². The molecule has 14 heavy (non-hydrogen) atoms. The first-order valence-corrected chi connectivity index (χ1v) is 3.52. The fourth-order valence-electron chi connectivity index (χ4n) is 0.591. The van der Waals surface area contributed by atoms with E-state index in [0.29, 0.717) is 0 Å². The van der Waals surface area contributed by atoms with E-state index < -0.39 is 22.6 Å². The zero-order valence-corrected chi connectivity index (χ0v) is 7.30. The second-order valence-corrected chi connectivity index (χ2v) is 2.16. The standard InChI is InChI=1S/C7H8F3NO3/c1-3-14-6(12)4-5(11(2)13)7(8,9)10/h4H,2-3H2,1H3/b5-4-. The van der Waals surface area contributed by atoms with Crippen molar-refractivity contribution in [2.45, 2.75) is 13.1 Å². The van der Waals surface area contributed by atoms with Gasteiger partial charge in [-0.1, -0.05) is 0 Å². The summed E-state index contributed by atoms with van der Waals surface area (Å²) in [6.45, 7) is 3.86. The molecule has 0 saturated heterocycles. The van der Waals surface area contributed by atoms with E-state index in [9.17, 15) is 23.2 Å². The van der Waals surface area contributed by atoms with Crippen LogP contribution in [0.2, 0.25) is 0 Å². The summed E-state index contributed by atoms with van der Waals surface area (Å²) in [7, 11) is 0. The largest absolute Gasteiger partial charge is 0.619 e. The van der Waals surface area contributed by atoms with Crippen molar-refractivity contribution < 1.29 is 27.4 Å². The van der Waals surface area contributed by atoms with Crippen LogP contribution in [0.4, 0.5) is 13.2 Å². The van der Waals surface area contributed by atoms with Crippen LogP contribution in [0.5, 0.6) is 0 Å². The van der Waals surface area contributed by atoms with E-state index in [-0.39, 0.29) is 12.7 Å². The van der Waals surface area contributed by atoms with Crippen molar-refractivity contribution in [1.82, 2.24) is 0 Å². The Kier molecular flexibility index (Phi) is 4.13. The number of nitrogens with zero attached hydrogens (tertiary/aromatic N) is 1. The van der Waals surface area contributed by atoms with Crippen LogP contribution in [0.3, 0.4) is 0 Å². The van der Waals surface area contributed by atoms with Gasteiger partial charge in [-0.2, -0.15) is 17.9 Å². The summed E-state index contributed by atoms with van der Waals surface area (Å²) in [5, 5.41) is 10.3. The molecular weight excluding hydrogens is 203 g/mol. The molecular formula is C7H8F3NO3. The minimum absolute atomic E-state index is 0.0590. The minimum atomic E-state index is -4.92. The van der Waals surface area contributed by atoms with Crippen molar-refractivity contribution in [3.63, 3.8) is 0 Å². The maximum Gasteiger partial charge on any atom is 0.479 e. The first-order chi connectivity index (χ1) is 6.29. The smallest absolute Gasteiger partial charge is 0.479 e. The monoisotopic (exact) mass is 211 g/mol. The SMILES string of the molecule is C=[N+]([O-])/C(=C\C(=O)OCC)C(F)(F)F. The summed E-state index contributed by atoms with van der Waals surface area (Å²) < 4.78 is 39.6. The van der Waals surface area contributed by atoms with E-state index in [1.54, 1.807) is 0 Å². The van der Waals surface area contributed by atoms with E-state index >= 15 is 0 Å². The van der Waals surface area contributed by atoms with Gasteiger partial charge in [0.2, 0.25) is 0 Å². The van der Waals surface area contributed by atoms with E-state index in [1.807, 2.05) is 0 Å². The number of allylic oxidation sites excluding steroid dienone is 1. The molecule has 0 aliphatic heterocycles. The van der Waals surface area contributed by atoms with E-state index in [1.165, 1.54) is 6.92 Å². The van der Waals surface area contributed by atoms with Crippen LogP contribution in [0.25, 0.3) is 0 Å². The molecule has 0 fully saturated rings. The fraction of sp³-hybridized carbons (Fsp3) is 0.429. The van der Waals surface area contributed by atoms with Gasteiger partial charge in [0, 0.05) is 0 Å². The lowest BCUT2D eigenvalue weighted by Crippen LogP contribution is -2.21. The quantitative estimate of drug-likeness (QED) is 0.176. The van der Waals surface area contributed by atoms with Gasteiger partial charge in [0.1, 0.15) is 12.8 Å². The van der Waals surface area contributed by atoms with E-state index in [2.05, 4.69) is 11.5 Å². The lowest BCUT2D eigenvalue weighted by atomic mass is 10.4. The Morgan fingerprint density at radius 2 is 2.14 bits per heavy atom. The molecule has 0 aliphatic rings. The number of hydrogen-bond donors (Lipinski definition) is 0. The topological polar surface area (TPSA) is 52.4 Å². The van der Waals surface area contributed by atoms with Gasteiger partial charge in [0.05, 0.1) is 6.61 Å². The first kappa shape index (κ1) is 12.5. The molecule has 0 atom stereocenters. The van der Waals surface area contributed by atoms with Gasteiger partial charge in [-0.15, -0.1) is 0 Å². The molecule has 0 amide bonds. The number of carbonyl (C=O) groups is 1. The first-order valence-electron chi connectivity index (χ1n) is 3.52. The highest BCUT2D eigenvalue weighted by Crippen LogP contribution is 2.25. The van der Waals surface area contributed by atoms with Crippen LogP contribution < -0.4 is 0 Å². The van der Waals surface area contributed by atoms with E-state index in [0.717, 1.165) is 0 Å². The molecule has 0 aliphatic carbocycles. The second kappa shape index (κ2) is 4.64. The number of carbonyl (C=O) groups excluding carboxylic acids is 1. The molecule has 0 radical (unpaired) electrons. The highest BCUT2D eigenvalue weighted by Gasteiger charge is 2.42. The predicted octanol–water partition coefficient (Wildman–Crippen LogP) is 1.21. The summed E-state index contributed by atoms with van der Waals surface area (Å²) >= 11 is 0. The molecule has 0 bridgehead atoms. The molecule has 0 N–H and O–H groups in total. The Balaban J connectivity index is 4.84. The third-order valence-corrected chi connectivity index (χ3v) is 1.10. The third-order valence-electron chi connectivity index (χ3n) is 1.10. The lowest BCUT2D eigenvalue weighted by Gasteiger charge is -2.08. The van der Waals surface area contributed by atoms with Gasteiger partial charge in [-0.25, -0.2) is 4.79 Å². The van der Waals surface area contributed by atoms with Gasteiger partial charge >= 0.3 is 17.8 Å². The average Bonchev–Trinajstić information content (AvgIpc) is 1.98. The molecule has 4 nitrogen and oxygen atoms in total. The summed E-state index contributed by atoms with van der Waals surface area (Å²) in [6.07, 6.45) is -4.86. The molecule has 0 aromatic carbocycles. The van der Waals surface area contributed by atoms with Crippen molar-refractivity contribution in [1.29, 1.82) is 0 Å². The van der Waals surface area contributed by atoms with Crippen LogP contribution in [0, 0.1) is 5.21 Å². The van der Waals surface area contributed by atoms with E-state index in [4.69, 9.17) is 0 Å². The fourth-order valence-corrected chi connectivity index (χ4v) is 0.591. The van der Waals surface area contributed by atoms with Crippen LogP contribution in [-0.4, -0.2) is 30.2 Å². The molecule has 0 aromatic heterocycles. The zero-order chi connectivity index (χ0) is 11.4. The van der Waals surface area contributed by atoms with Gasteiger partial charge < -0.3 is 9.94 Å². The third kappa shape index (κ3) is 3.92. The normalized spacial score (nSPS) is 12.4. The summed E-state index contributed by atoms with van der Waals surface area (Å²) in [4.78, 5) is 10.6. The maximum atomic E-state index is 12.0. The van der Waals surface area contributed by atoms with Crippen molar-refractivity contribution in [2.24, 2.45) is 0 Å². The summed E-state index contributed by atoms with van der Waals surface area (Å²) in [5.41, 5.74) is -1.70. The van der Waals surface area contributed by atoms with Crippen molar-refractivity contribution in [3.8, 4) is 0 Å². The Morgan fingerprint density at radius 3 is 2.43 bits per heavy atom. The number of alkyl halides is 3. The summed E-state index contributed by atoms with van der Waals surface area (Å²) in [6, 6.07) is 0. The van der Waals surface area contributed by atoms with Crippen molar-refractivity contribution in [3.05, 3.63) is 17.0 Å². The molecule has 0 unspecified atom stereocenters. The van der Waals surface area contributed by atoms with Gasteiger partial charge in [0.25, 0.3) is 0 Å². The maximum absolute atomic E-state index is 12.0. The number of esters is 1. The molecule has 0 spiro atoms. The number of hydrogen-bond acceptors (Lipinski definition) is 3. The predicted molar refractivity (Wildman–Crippen MR) is 41.5 cm³/mol. The number of hydroxylamine groups is 1. The van der Waals surface area contributed by atoms with Crippen molar-refractivity contribution in [2.75, 3.05) is 6.61 Å². The zero-order valence-electron chi connectivity index (χ0n) is 7.30. The Bertz CT molecular complexity index is 270. The summed E-state index contributed by atoms with van der Waals surface area (Å²) in [5.74, 6) is -1.23. The Hall–Kier alpha value is -1.53. The van der Waals surface area contributed by atoms with Gasteiger partial charge in [0.15, 0.2) is 0 Å². The molecule has 7 heteroatoms. The van der Waals surface area contributed by atoms with Gasteiger partial charge in [-0.05, 0) is 6.92 Å². The minimum Gasteiger partial charge on any atom is -0.619 e. The van der Waals surface area contributed by atoms with Crippen LogP contribution in [0.1, 0.15) is 6.92 Å². The second-order valence-electron chi connectivity index (χ2n) is 2.16. The molecule has 0 aromatic rings.